The lowest BCUT2D eigenvalue weighted by molar-refractivity contribution is -0.302. The first-order chi connectivity index (χ1) is 14.0. The molecule has 0 amide bonds. The molecular weight excluding hydrogens is 375 g/mol. The summed E-state index contributed by atoms with van der Waals surface area (Å²) >= 11 is 0. The molecule has 0 aromatic heterocycles. The molecule has 0 bridgehead atoms. The first-order valence-electron chi connectivity index (χ1n) is 13.0. The Balaban J connectivity index is 0. The monoisotopic (exact) mass is 430 g/mol. The van der Waals surface area contributed by atoms with E-state index < -0.39 is 13.2 Å². The van der Waals surface area contributed by atoms with E-state index in [9.17, 15) is 0 Å². The zero-order valence-electron chi connectivity index (χ0n) is 20.9. The topological polar surface area (TPSA) is 40.1 Å². The molecule has 0 aromatic carbocycles. The third kappa shape index (κ3) is 24.0. The molecule has 0 radical (unpaired) electrons. The molecule has 29 heavy (non-hydrogen) atoms. The maximum atomic E-state index is 8.89. The molecule has 0 aliphatic rings. The van der Waals surface area contributed by atoms with Crippen molar-refractivity contribution in [3.63, 3.8) is 0 Å². The van der Waals surface area contributed by atoms with E-state index in [0.29, 0.717) is 0 Å². The fourth-order valence-corrected chi connectivity index (χ4v) is 9.09. The van der Waals surface area contributed by atoms with Gasteiger partial charge in [-0.15, -0.1) is 0 Å². The van der Waals surface area contributed by atoms with Crippen LogP contribution in [0.5, 0.6) is 0 Å². The van der Waals surface area contributed by atoms with Gasteiger partial charge in [-0.2, -0.15) is 0 Å². The van der Waals surface area contributed by atoms with Crippen LogP contribution < -0.4 is 5.11 Å². The minimum Gasteiger partial charge on any atom is -0.550 e. The van der Waals surface area contributed by atoms with E-state index in [1.165, 1.54) is 103 Å². The van der Waals surface area contributed by atoms with Gasteiger partial charge in [0.05, 0.1) is 24.6 Å². The van der Waals surface area contributed by atoms with Crippen LogP contribution in [0.4, 0.5) is 0 Å². The molecule has 0 saturated carbocycles. The summed E-state index contributed by atoms with van der Waals surface area (Å²) in [6, 6.07) is 0. The van der Waals surface area contributed by atoms with Crippen LogP contribution in [0.1, 0.15) is 137 Å². The Labute approximate surface area is 185 Å². The molecule has 0 saturated heterocycles. The second kappa shape index (κ2) is 24.2. The first kappa shape index (κ1) is 31.1. The van der Waals surface area contributed by atoms with Crippen molar-refractivity contribution >= 4 is 13.2 Å². The fourth-order valence-electron chi connectivity index (χ4n) is 4.17. The lowest BCUT2D eigenvalue weighted by atomic mass is 10.2. The molecule has 176 valence electrons. The minimum atomic E-state index is -1.08. The van der Waals surface area contributed by atoms with Crippen molar-refractivity contribution in [2.45, 2.75) is 137 Å². The summed E-state index contributed by atoms with van der Waals surface area (Å²) < 4.78 is 0. The molecule has 0 aromatic rings. The predicted octanol–water partition coefficient (Wildman–Crippen LogP) is 8.08. The molecular formula is C26H55O2P. The highest BCUT2D eigenvalue weighted by Crippen LogP contribution is 2.61. The standard InChI is InChI=1S/C24H52P.C2H4O2/c1-5-9-13-17-21-25(22-18-14-10-6-2,23-19-15-11-7-3)24-20-16-12-8-4;1-2(3)4/h5-24H2,1-4H3;1H3,(H,3,4)/q+1;/p-1. The molecule has 0 rings (SSSR count). The number of aliphatic carboxylic acids is 1. The van der Waals surface area contributed by atoms with Crippen LogP contribution in [0.15, 0.2) is 0 Å². The van der Waals surface area contributed by atoms with Crippen molar-refractivity contribution in [1.82, 2.24) is 0 Å². The Kier molecular flexibility index (Phi) is 25.9. The third-order valence-electron chi connectivity index (χ3n) is 5.94. The summed E-state index contributed by atoms with van der Waals surface area (Å²) in [5, 5.41) is 8.89. The van der Waals surface area contributed by atoms with Crippen molar-refractivity contribution in [1.29, 1.82) is 0 Å². The summed E-state index contributed by atoms with van der Waals surface area (Å²) in [5.74, 6) is -1.08. The molecule has 0 fully saturated rings. The van der Waals surface area contributed by atoms with Gasteiger partial charge in [-0.05, 0) is 58.3 Å². The molecule has 0 aliphatic carbocycles. The van der Waals surface area contributed by atoms with Crippen LogP contribution >= 0.6 is 7.26 Å². The Bertz CT molecular complexity index is 273. The minimum absolute atomic E-state index is 0.657. The number of rotatable bonds is 20. The highest BCUT2D eigenvalue weighted by atomic mass is 31.2. The van der Waals surface area contributed by atoms with Crippen molar-refractivity contribution in [2.24, 2.45) is 0 Å². The number of carboxylic acids is 1. The normalized spacial score (nSPS) is 11.2. The number of hydrogen-bond donors (Lipinski definition) is 0. The van der Waals surface area contributed by atoms with E-state index >= 15 is 0 Å². The van der Waals surface area contributed by atoms with Gasteiger partial charge in [0.25, 0.3) is 0 Å². The zero-order valence-corrected chi connectivity index (χ0v) is 21.8. The third-order valence-corrected chi connectivity index (χ3v) is 11.0. The first-order valence-corrected chi connectivity index (χ1v) is 15.5. The lowest BCUT2D eigenvalue weighted by Gasteiger charge is -2.28. The molecule has 0 heterocycles. The van der Waals surface area contributed by atoms with Crippen molar-refractivity contribution in [2.75, 3.05) is 24.6 Å². The largest absolute Gasteiger partial charge is 0.550 e. The Morgan fingerprint density at radius 1 is 0.517 bits per heavy atom. The molecule has 0 aliphatic heterocycles. The van der Waals surface area contributed by atoms with Gasteiger partial charge in [-0.25, -0.2) is 0 Å². The van der Waals surface area contributed by atoms with E-state index in [1.807, 2.05) is 0 Å². The Morgan fingerprint density at radius 3 is 0.897 bits per heavy atom. The van der Waals surface area contributed by atoms with Crippen LogP contribution in [0, 0.1) is 0 Å². The number of carbonyl (C=O) groups is 1. The van der Waals surface area contributed by atoms with E-state index in [0.717, 1.165) is 6.92 Å². The number of carbonyl (C=O) groups excluding carboxylic acids is 1. The smallest absolute Gasteiger partial charge is 0.0594 e. The van der Waals surface area contributed by atoms with Gasteiger partial charge in [0.1, 0.15) is 0 Å². The lowest BCUT2D eigenvalue weighted by Crippen LogP contribution is -2.16. The van der Waals surface area contributed by atoms with Crippen molar-refractivity contribution in [3.05, 3.63) is 0 Å². The highest BCUT2D eigenvalue weighted by Gasteiger charge is 2.34. The highest BCUT2D eigenvalue weighted by molar-refractivity contribution is 7.75. The number of unbranched alkanes of at least 4 members (excludes halogenated alkanes) is 12. The predicted molar refractivity (Wildman–Crippen MR) is 134 cm³/mol. The maximum Gasteiger partial charge on any atom is 0.0594 e. The number of hydrogen-bond acceptors (Lipinski definition) is 2. The van der Waals surface area contributed by atoms with Gasteiger partial charge in [0, 0.05) is 13.2 Å². The number of carboxylic acid groups (broad SMARTS) is 1. The maximum absolute atomic E-state index is 8.89. The van der Waals surface area contributed by atoms with E-state index in [-0.39, 0.29) is 0 Å². The van der Waals surface area contributed by atoms with Crippen molar-refractivity contribution < 1.29 is 9.90 Å². The van der Waals surface area contributed by atoms with Gasteiger partial charge in [-0.1, -0.05) is 79.1 Å². The Hall–Kier alpha value is -0.100. The van der Waals surface area contributed by atoms with Gasteiger partial charge < -0.3 is 9.90 Å². The van der Waals surface area contributed by atoms with Gasteiger partial charge in [0.15, 0.2) is 0 Å². The van der Waals surface area contributed by atoms with Gasteiger partial charge in [0.2, 0.25) is 0 Å². The molecule has 0 unspecified atom stereocenters. The molecule has 0 N–H and O–H groups in total. The van der Waals surface area contributed by atoms with Crippen LogP contribution in [-0.4, -0.2) is 30.6 Å². The van der Waals surface area contributed by atoms with E-state index in [4.69, 9.17) is 9.90 Å². The molecule has 0 spiro atoms. The SMILES string of the molecule is CC(=O)[O-].CCCCCC[P+](CCCCCC)(CCCCCC)CCCCCC. The summed E-state index contributed by atoms with van der Waals surface area (Å²) in [7, 11) is -0.657. The summed E-state index contributed by atoms with van der Waals surface area (Å²) in [6.45, 7) is 10.4. The Morgan fingerprint density at radius 2 is 0.724 bits per heavy atom. The molecule has 2 nitrogen and oxygen atoms in total. The van der Waals surface area contributed by atoms with Crippen molar-refractivity contribution in [3.8, 4) is 0 Å². The summed E-state index contributed by atoms with van der Waals surface area (Å²) in [6.07, 6.45) is 30.1. The fraction of sp³-hybridized carbons (Fsp3) is 0.962. The summed E-state index contributed by atoms with van der Waals surface area (Å²) in [4.78, 5) is 8.89. The molecule has 3 heteroatoms. The van der Waals surface area contributed by atoms with Crippen LogP contribution in [-0.2, 0) is 4.79 Å². The van der Waals surface area contributed by atoms with Crippen LogP contribution in [0.3, 0.4) is 0 Å². The van der Waals surface area contributed by atoms with Crippen LogP contribution in [0.25, 0.3) is 0 Å². The van der Waals surface area contributed by atoms with Gasteiger partial charge >= 0.3 is 0 Å². The second-order valence-corrected chi connectivity index (χ2v) is 13.4. The second-order valence-electron chi connectivity index (χ2n) is 8.97. The average Bonchev–Trinajstić information content (AvgIpc) is 2.69. The summed E-state index contributed by atoms with van der Waals surface area (Å²) in [5.41, 5.74) is 0. The van der Waals surface area contributed by atoms with Crippen LogP contribution in [0.2, 0.25) is 0 Å². The van der Waals surface area contributed by atoms with E-state index in [1.54, 1.807) is 24.6 Å². The quantitative estimate of drug-likeness (QED) is 0.145. The van der Waals surface area contributed by atoms with E-state index in [2.05, 4.69) is 27.7 Å². The molecule has 0 atom stereocenters. The zero-order chi connectivity index (χ0) is 22.2. The van der Waals surface area contributed by atoms with Gasteiger partial charge in [-0.3, -0.25) is 0 Å². The average molecular weight is 431 g/mol.